The number of benzene rings is 1. The van der Waals surface area contributed by atoms with E-state index in [0.717, 1.165) is 22.4 Å². The molecule has 0 aliphatic rings. The van der Waals surface area contributed by atoms with Crippen molar-refractivity contribution in [1.29, 1.82) is 0 Å². The van der Waals surface area contributed by atoms with Gasteiger partial charge in [-0.2, -0.15) is 0 Å². The number of nitrogens with zero attached hydrogens (tertiary/aromatic N) is 2. The number of ether oxygens (including phenoxy) is 1. The first-order chi connectivity index (χ1) is 12.4. The molecule has 0 fully saturated rings. The smallest absolute Gasteiger partial charge is 0.415 e. The second-order valence-corrected chi connectivity index (χ2v) is 9.53. The Morgan fingerprint density at radius 2 is 1.67 bits per heavy atom. The SMILES string of the molecule is CCOC(=O)N(C)c1nc(-c2cc(C(C)(C)C)c(O)c(C(C)(C)C)c2)cs1. The lowest BCUT2D eigenvalue weighted by molar-refractivity contribution is 0.161. The van der Waals surface area contributed by atoms with Crippen molar-refractivity contribution in [3.05, 3.63) is 28.6 Å². The van der Waals surface area contributed by atoms with Crippen LogP contribution in [0.4, 0.5) is 9.93 Å². The third-order valence-corrected chi connectivity index (χ3v) is 5.26. The number of phenolic OH excluding ortho intramolecular Hbond substituents is 1. The molecule has 5 nitrogen and oxygen atoms in total. The average Bonchev–Trinajstić information content (AvgIpc) is 3.02. The maximum atomic E-state index is 11.9. The molecule has 0 unspecified atom stereocenters. The molecule has 0 aliphatic heterocycles. The van der Waals surface area contributed by atoms with Gasteiger partial charge in [0.1, 0.15) is 5.75 Å². The number of carbonyl (C=O) groups excluding carboxylic acids is 1. The van der Waals surface area contributed by atoms with Crippen LogP contribution in [0.5, 0.6) is 5.75 Å². The van der Waals surface area contributed by atoms with Crippen LogP contribution in [0.25, 0.3) is 11.3 Å². The molecule has 148 valence electrons. The van der Waals surface area contributed by atoms with Gasteiger partial charge in [-0.25, -0.2) is 9.78 Å². The van der Waals surface area contributed by atoms with E-state index in [-0.39, 0.29) is 10.8 Å². The molecule has 0 spiro atoms. The van der Waals surface area contributed by atoms with Crippen molar-refractivity contribution in [2.24, 2.45) is 0 Å². The van der Waals surface area contributed by atoms with Gasteiger partial charge in [0.05, 0.1) is 12.3 Å². The molecular formula is C21H30N2O3S. The topological polar surface area (TPSA) is 62.7 Å². The summed E-state index contributed by atoms with van der Waals surface area (Å²) in [6.07, 6.45) is -0.421. The van der Waals surface area contributed by atoms with Gasteiger partial charge in [0, 0.05) is 29.1 Å². The zero-order valence-corrected chi connectivity index (χ0v) is 18.3. The molecule has 2 rings (SSSR count). The predicted molar refractivity (Wildman–Crippen MR) is 112 cm³/mol. The number of aromatic nitrogens is 1. The first kappa shape index (κ1) is 21.2. The van der Waals surface area contributed by atoms with Crippen LogP contribution in [0.1, 0.15) is 59.6 Å². The van der Waals surface area contributed by atoms with Crippen LogP contribution in [0.15, 0.2) is 17.5 Å². The maximum Gasteiger partial charge on any atom is 0.415 e. The molecule has 0 saturated carbocycles. The van der Waals surface area contributed by atoms with E-state index in [1.54, 1.807) is 14.0 Å². The summed E-state index contributed by atoms with van der Waals surface area (Å²) in [7, 11) is 1.65. The number of amides is 1. The van der Waals surface area contributed by atoms with E-state index >= 15 is 0 Å². The van der Waals surface area contributed by atoms with E-state index in [1.165, 1.54) is 16.2 Å². The van der Waals surface area contributed by atoms with E-state index in [9.17, 15) is 9.90 Å². The Morgan fingerprint density at radius 3 is 2.11 bits per heavy atom. The fourth-order valence-electron chi connectivity index (χ4n) is 2.78. The van der Waals surface area contributed by atoms with Gasteiger partial charge >= 0.3 is 6.09 Å². The van der Waals surface area contributed by atoms with E-state index in [2.05, 4.69) is 46.5 Å². The van der Waals surface area contributed by atoms with Crippen molar-refractivity contribution >= 4 is 22.6 Å². The predicted octanol–water partition coefficient (Wildman–Crippen LogP) is 5.70. The Kier molecular flexibility index (Phi) is 5.90. The molecule has 2 aromatic rings. The fraction of sp³-hybridized carbons (Fsp3) is 0.524. The third kappa shape index (κ3) is 4.61. The highest BCUT2D eigenvalue weighted by atomic mass is 32.1. The summed E-state index contributed by atoms with van der Waals surface area (Å²) >= 11 is 1.39. The monoisotopic (exact) mass is 390 g/mol. The van der Waals surface area contributed by atoms with Gasteiger partial charge < -0.3 is 9.84 Å². The van der Waals surface area contributed by atoms with Gasteiger partial charge in [-0.1, -0.05) is 41.5 Å². The first-order valence-corrected chi connectivity index (χ1v) is 9.98. The van der Waals surface area contributed by atoms with Crippen molar-refractivity contribution in [2.45, 2.75) is 59.3 Å². The highest BCUT2D eigenvalue weighted by Gasteiger charge is 2.27. The molecule has 1 heterocycles. The summed E-state index contributed by atoms with van der Waals surface area (Å²) in [5.41, 5.74) is 3.07. The minimum Gasteiger partial charge on any atom is -0.507 e. The lowest BCUT2D eigenvalue weighted by Crippen LogP contribution is -2.26. The molecule has 1 aromatic heterocycles. The lowest BCUT2D eigenvalue weighted by atomic mass is 9.78. The molecule has 0 radical (unpaired) electrons. The Morgan fingerprint density at radius 1 is 1.15 bits per heavy atom. The quantitative estimate of drug-likeness (QED) is 0.730. The van der Waals surface area contributed by atoms with Crippen LogP contribution in [-0.2, 0) is 15.6 Å². The third-order valence-electron chi connectivity index (χ3n) is 4.34. The minimum atomic E-state index is -0.421. The van der Waals surface area contributed by atoms with Crippen LogP contribution in [0, 0.1) is 0 Å². The second kappa shape index (κ2) is 7.50. The number of hydrogen-bond acceptors (Lipinski definition) is 5. The van der Waals surface area contributed by atoms with Crippen molar-refractivity contribution in [1.82, 2.24) is 4.98 Å². The lowest BCUT2D eigenvalue weighted by Gasteiger charge is -2.28. The number of phenols is 1. The Balaban J connectivity index is 2.55. The second-order valence-electron chi connectivity index (χ2n) is 8.69. The molecule has 1 amide bonds. The maximum absolute atomic E-state index is 11.9. The average molecular weight is 391 g/mol. The van der Waals surface area contributed by atoms with Crippen LogP contribution < -0.4 is 4.90 Å². The van der Waals surface area contributed by atoms with Crippen LogP contribution in [0.2, 0.25) is 0 Å². The molecule has 0 bridgehead atoms. The fourth-order valence-corrected chi connectivity index (χ4v) is 3.56. The molecule has 0 aliphatic carbocycles. The molecular weight excluding hydrogens is 360 g/mol. The molecule has 1 N–H and O–H groups in total. The van der Waals surface area contributed by atoms with Crippen LogP contribution >= 0.6 is 11.3 Å². The molecule has 0 saturated heterocycles. The minimum absolute atomic E-state index is 0.208. The van der Waals surface area contributed by atoms with Crippen LogP contribution in [0.3, 0.4) is 0 Å². The largest absolute Gasteiger partial charge is 0.507 e. The Bertz CT molecular complexity index is 794. The number of thiazole rings is 1. The van der Waals surface area contributed by atoms with Gasteiger partial charge in [0.25, 0.3) is 0 Å². The van der Waals surface area contributed by atoms with Gasteiger partial charge in [0.15, 0.2) is 5.13 Å². The number of aromatic hydroxyl groups is 1. The van der Waals surface area contributed by atoms with Crippen molar-refractivity contribution < 1.29 is 14.6 Å². The summed E-state index contributed by atoms with van der Waals surface area (Å²) in [5.74, 6) is 0.345. The Hall–Kier alpha value is -2.08. The standard InChI is InChI=1S/C21H30N2O3S/c1-9-26-19(25)23(8)18-22-16(12-27-18)13-10-14(20(2,3)4)17(24)15(11-13)21(5,6)7/h10-12,24H,9H2,1-8H3. The highest BCUT2D eigenvalue weighted by molar-refractivity contribution is 7.14. The summed E-state index contributed by atoms with van der Waals surface area (Å²) in [6.45, 7) is 14.6. The number of hydrogen-bond donors (Lipinski definition) is 1. The summed E-state index contributed by atoms with van der Waals surface area (Å²) in [4.78, 5) is 18.0. The normalized spacial score (nSPS) is 12.1. The molecule has 27 heavy (non-hydrogen) atoms. The summed E-state index contributed by atoms with van der Waals surface area (Å²) < 4.78 is 5.04. The van der Waals surface area contributed by atoms with E-state index < -0.39 is 6.09 Å². The van der Waals surface area contributed by atoms with Crippen LogP contribution in [-0.4, -0.2) is 29.8 Å². The summed E-state index contributed by atoms with van der Waals surface area (Å²) in [6, 6.07) is 3.99. The van der Waals surface area contributed by atoms with Gasteiger partial charge in [-0.3, -0.25) is 4.90 Å². The van der Waals surface area contributed by atoms with E-state index in [0.29, 0.717) is 17.5 Å². The van der Waals surface area contributed by atoms with Crippen molar-refractivity contribution in [2.75, 3.05) is 18.6 Å². The van der Waals surface area contributed by atoms with E-state index in [4.69, 9.17) is 4.74 Å². The van der Waals surface area contributed by atoms with Gasteiger partial charge in [-0.15, -0.1) is 11.3 Å². The van der Waals surface area contributed by atoms with Crippen molar-refractivity contribution in [3.8, 4) is 17.0 Å². The zero-order valence-electron chi connectivity index (χ0n) is 17.5. The number of rotatable bonds is 3. The van der Waals surface area contributed by atoms with Crippen molar-refractivity contribution in [3.63, 3.8) is 0 Å². The molecule has 6 heteroatoms. The number of anilines is 1. The molecule has 0 atom stereocenters. The van der Waals surface area contributed by atoms with Gasteiger partial charge in [0.2, 0.25) is 0 Å². The molecule has 1 aromatic carbocycles. The zero-order chi connectivity index (χ0) is 20.6. The van der Waals surface area contributed by atoms with E-state index in [1.807, 2.05) is 17.5 Å². The first-order valence-electron chi connectivity index (χ1n) is 9.10. The van der Waals surface area contributed by atoms with Gasteiger partial charge in [-0.05, 0) is 29.9 Å². The number of carbonyl (C=O) groups is 1. The summed E-state index contributed by atoms with van der Waals surface area (Å²) in [5, 5.41) is 13.4. The Labute approximate surface area is 166 Å². The highest BCUT2D eigenvalue weighted by Crippen LogP contribution is 2.42.